The maximum absolute atomic E-state index is 12.9. The van der Waals surface area contributed by atoms with Gasteiger partial charge in [-0.15, -0.1) is 0 Å². The Morgan fingerprint density at radius 2 is 1.78 bits per heavy atom. The van der Waals surface area contributed by atoms with E-state index < -0.39 is 0 Å². The third kappa shape index (κ3) is 2.30. The fraction of sp³-hybridized carbons (Fsp3) is 0.308. The van der Waals surface area contributed by atoms with Gasteiger partial charge in [-0.2, -0.15) is 15.4 Å². The highest BCUT2D eigenvalue weighted by Crippen LogP contribution is 2.23. The molecule has 0 bridgehead atoms. The second kappa shape index (κ2) is 4.33. The van der Waals surface area contributed by atoms with Crippen molar-refractivity contribution in [3.05, 3.63) is 47.0 Å². The molecule has 0 atom stereocenters. The summed E-state index contributed by atoms with van der Waals surface area (Å²) < 4.78 is 12.9. The number of nitrogens with one attached hydrogen (secondary N) is 2. The molecule has 0 fully saturated rings. The third-order valence-corrected chi connectivity index (χ3v) is 2.63. The summed E-state index contributed by atoms with van der Waals surface area (Å²) in [5.41, 5.74) is 1.91. The van der Waals surface area contributed by atoms with Crippen LogP contribution in [0.3, 0.4) is 0 Å². The zero-order valence-corrected chi connectivity index (χ0v) is 10.6. The number of nitrogens with zero attached hydrogens (tertiary/aromatic N) is 2. The Morgan fingerprint density at radius 3 is 2.33 bits per heavy atom. The van der Waals surface area contributed by atoms with Crippen molar-refractivity contribution in [2.45, 2.75) is 26.2 Å². The second-order valence-corrected chi connectivity index (χ2v) is 5.15. The van der Waals surface area contributed by atoms with Crippen molar-refractivity contribution in [2.24, 2.45) is 0 Å². The minimum atomic E-state index is -0.317. The van der Waals surface area contributed by atoms with Crippen molar-refractivity contribution in [3.8, 4) is 0 Å². The van der Waals surface area contributed by atoms with Crippen LogP contribution in [0.1, 0.15) is 37.7 Å². The van der Waals surface area contributed by atoms with Crippen LogP contribution in [-0.4, -0.2) is 21.1 Å². The van der Waals surface area contributed by atoms with Gasteiger partial charge in [0.2, 0.25) is 0 Å². The molecule has 94 valence electrons. The molecule has 0 saturated carbocycles. The molecule has 1 aromatic carbocycles. The van der Waals surface area contributed by atoms with Gasteiger partial charge >= 0.3 is 0 Å². The summed E-state index contributed by atoms with van der Waals surface area (Å²) in [6.07, 6.45) is 0. The van der Waals surface area contributed by atoms with Gasteiger partial charge in [-0.3, -0.25) is 5.41 Å². The fourth-order valence-electron chi connectivity index (χ4n) is 1.68. The second-order valence-electron chi connectivity index (χ2n) is 5.15. The summed E-state index contributed by atoms with van der Waals surface area (Å²) in [6.45, 7) is 6.02. The highest BCUT2D eigenvalue weighted by molar-refractivity contribution is 6.10. The molecule has 0 spiro atoms. The maximum Gasteiger partial charge on any atom is 0.134 e. The van der Waals surface area contributed by atoms with Crippen LogP contribution in [0.2, 0.25) is 0 Å². The van der Waals surface area contributed by atoms with E-state index >= 15 is 0 Å². The van der Waals surface area contributed by atoms with Gasteiger partial charge in [-0.1, -0.05) is 20.8 Å². The van der Waals surface area contributed by atoms with Gasteiger partial charge in [0, 0.05) is 11.0 Å². The topological polar surface area (TPSA) is 65.4 Å². The molecule has 2 N–H and O–H groups in total. The average molecular weight is 246 g/mol. The van der Waals surface area contributed by atoms with Crippen LogP contribution in [0.4, 0.5) is 4.39 Å². The highest BCUT2D eigenvalue weighted by Gasteiger charge is 2.25. The number of benzene rings is 1. The van der Waals surface area contributed by atoms with E-state index in [1.807, 2.05) is 20.8 Å². The van der Waals surface area contributed by atoms with Gasteiger partial charge < -0.3 is 0 Å². The van der Waals surface area contributed by atoms with E-state index in [0.717, 1.165) is 5.69 Å². The molecule has 4 nitrogen and oxygen atoms in total. The molecule has 1 aromatic heterocycles. The smallest absolute Gasteiger partial charge is 0.134 e. The molecule has 18 heavy (non-hydrogen) atoms. The van der Waals surface area contributed by atoms with Gasteiger partial charge in [-0.05, 0) is 24.3 Å². The Labute approximate surface area is 105 Å². The van der Waals surface area contributed by atoms with E-state index in [9.17, 15) is 4.39 Å². The standard InChI is InChI=1S/C13H15FN4/c1-13(2,3)12-11(16-18-17-12)10(15)8-4-6-9(14)7-5-8/h4-7,15H,1-3H3,(H,16,17,18). The van der Waals surface area contributed by atoms with Gasteiger partial charge in [-0.25, -0.2) is 4.39 Å². The molecule has 2 aromatic rings. The van der Waals surface area contributed by atoms with Gasteiger partial charge in [0.05, 0.1) is 11.4 Å². The monoisotopic (exact) mass is 246 g/mol. The van der Waals surface area contributed by atoms with Crippen LogP contribution in [0, 0.1) is 11.2 Å². The average Bonchev–Trinajstić information content (AvgIpc) is 2.77. The Bertz CT molecular complexity index is 563. The number of halogens is 1. The Morgan fingerprint density at radius 1 is 1.17 bits per heavy atom. The Balaban J connectivity index is 2.41. The molecule has 0 aliphatic carbocycles. The predicted octanol–water partition coefficient (Wildman–Crippen LogP) is 2.66. The van der Waals surface area contributed by atoms with Gasteiger partial charge in [0.1, 0.15) is 11.5 Å². The first kappa shape index (κ1) is 12.4. The van der Waals surface area contributed by atoms with Crippen molar-refractivity contribution in [1.29, 1.82) is 5.41 Å². The lowest BCUT2D eigenvalue weighted by Crippen LogP contribution is -2.17. The van der Waals surface area contributed by atoms with E-state index in [4.69, 9.17) is 5.41 Å². The minimum absolute atomic E-state index is 0.200. The predicted molar refractivity (Wildman–Crippen MR) is 67.4 cm³/mol. The molecule has 0 unspecified atom stereocenters. The first-order valence-electron chi connectivity index (χ1n) is 5.65. The summed E-state index contributed by atoms with van der Waals surface area (Å²) in [6, 6.07) is 5.80. The van der Waals surface area contributed by atoms with Crippen LogP contribution in [0.5, 0.6) is 0 Å². The lowest BCUT2D eigenvalue weighted by molar-refractivity contribution is 0.565. The normalized spacial score (nSPS) is 11.6. The van der Waals surface area contributed by atoms with E-state index in [1.165, 1.54) is 12.1 Å². The third-order valence-electron chi connectivity index (χ3n) is 2.63. The van der Waals surface area contributed by atoms with Crippen molar-refractivity contribution >= 4 is 5.71 Å². The quantitative estimate of drug-likeness (QED) is 0.800. The maximum atomic E-state index is 12.9. The fourth-order valence-corrected chi connectivity index (χ4v) is 1.68. The first-order valence-corrected chi connectivity index (χ1v) is 5.65. The molecule has 2 rings (SSSR count). The van der Waals surface area contributed by atoms with Crippen LogP contribution in [-0.2, 0) is 5.41 Å². The Hall–Kier alpha value is -2.04. The van der Waals surface area contributed by atoms with Crippen LogP contribution in [0.15, 0.2) is 24.3 Å². The molecule has 0 aliphatic heterocycles. The molecular weight excluding hydrogens is 231 g/mol. The number of rotatable bonds is 2. The van der Waals surface area contributed by atoms with Crippen molar-refractivity contribution < 1.29 is 4.39 Å². The molecular formula is C13H15FN4. The van der Waals surface area contributed by atoms with Gasteiger partial charge in [0.15, 0.2) is 0 Å². The molecule has 0 saturated heterocycles. The van der Waals surface area contributed by atoms with Crippen LogP contribution in [0.25, 0.3) is 0 Å². The van der Waals surface area contributed by atoms with Crippen LogP contribution < -0.4 is 0 Å². The minimum Gasteiger partial charge on any atom is -0.298 e. The van der Waals surface area contributed by atoms with Crippen LogP contribution >= 0.6 is 0 Å². The summed E-state index contributed by atoms with van der Waals surface area (Å²) in [5.74, 6) is -0.317. The van der Waals surface area contributed by atoms with Crippen molar-refractivity contribution in [2.75, 3.05) is 0 Å². The lowest BCUT2D eigenvalue weighted by atomic mass is 9.89. The molecule has 0 amide bonds. The summed E-state index contributed by atoms with van der Waals surface area (Å²) >= 11 is 0. The molecule has 0 aliphatic rings. The summed E-state index contributed by atoms with van der Waals surface area (Å²) in [4.78, 5) is 0. The van der Waals surface area contributed by atoms with E-state index in [1.54, 1.807) is 12.1 Å². The summed E-state index contributed by atoms with van der Waals surface area (Å²) in [7, 11) is 0. The molecule has 0 radical (unpaired) electrons. The largest absolute Gasteiger partial charge is 0.298 e. The SMILES string of the molecule is CC(C)(C)c1n[nH]nc1C(=N)c1ccc(F)cc1. The number of hydrogen-bond donors (Lipinski definition) is 2. The summed E-state index contributed by atoms with van der Waals surface area (Å²) in [5, 5.41) is 18.8. The zero-order chi connectivity index (χ0) is 13.3. The highest BCUT2D eigenvalue weighted by atomic mass is 19.1. The number of hydrogen-bond acceptors (Lipinski definition) is 3. The van der Waals surface area contributed by atoms with E-state index in [0.29, 0.717) is 11.3 Å². The van der Waals surface area contributed by atoms with E-state index in [-0.39, 0.29) is 16.9 Å². The first-order chi connectivity index (χ1) is 8.39. The Kier molecular flexibility index (Phi) is 2.98. The lowest BCUT2D eigenvalue weighted by Gasteiger charge is -2.16. The van der Waals surface area contributed by atoms with Gasteiger partial charge in [0.25, 0.3) is 0 Å². The van der Waals surface area contributed by atoms with E-state index in [2.05, 4.69) is 15.4 Å². The molecule has 5 heteroatoms. The number of aromatic amines is 1. The number of aromatic nitrogens is 3. The number of H-pyrrole nitrogens is 1. The van der Waals surface area contributed by atoms with Crippen molar-refractivity contribution in [3.63, 3.8) is 0 Å². The zero-order valence-electron chi connectivity index (χ0n) is 10.6. The van der Waals surface area contributed by atoms with Crippen molar-refractivity contribution in [1.82, 2.24) is 15.4 Å². The molecule has 1 heterocycles.